The van der Waals surface area contributed by atoms with Crippen LogP contribution in [0.25, 0.3) is 0 Å². The third-order valence-electron chi connectivity index (χ3n) is 4.38. The van der Waals surface area contributed by atoms with E-state index in [2.05, 4.69) is 30.2 Å². The molecule has 2 N–H and O–H groups in total. The zero-order valence-corrected chi connectivity index (χ0v) is 15.3. The van der Waals surface area contributed by atoms with Gasteiger partial charge in [0.2, 0.25) is 5.78 Å². The first kappa shape index (κ1) is 18.0. The van der Waals surface area contributed by atoms with E-state index in [9.17, 15) is 9.59 Å². The van der Waals surface area contributed by atoms with Gasteiger partial charge >= 0.3 is 0 Å². The monoisotopic (exact) mass is 326 g/mol. The molecule has 4 heteroatoms. The van der Waals surface area contributed by atoms with Crippen molar-refractivity contribution in [3.8, 4) is 0 Å². The Bertz CT molecular complexity index is 772. The summed E-state index contributed by atoms with van der Waals surface area (Å²) in [6.45, 7) is 11.3. The predicted octanol–water partition coefficient (Wildman–Crippen LogP) is 4.64. The SMILES string of the molecule is CC(=O)c1c(C)[nH]c(C(=O)[C@H](C)Nc2ccccc2C(C)C)c1C. The van der Waals surface area contributed by atoms with Crippen molar-refractivity contribution in [3.63, 3.8) is 0 Å². The van der Waals surface area contributed by atoms with Crippen LogP contribution in [0.15, 0.2) is 24.3 Å². The van der Waals surface area contributed by atoms with Crippen molar-refractivity contribution >= 4 is 17.3 Å². The maximum absolute atomic E-state index is 12.8. The minimum Gasteiger partial charge on any atom is -0.375 e. The number of carbonyl (C=O) groups is 2. The van der Waals surface area contributed by atoms with Gasteiger partial charge in [-0.05, 0) is 50.8 Å². The summed E-state index contributed by atoms with van der Waals surface area (Å²) in [5.74, 6) is 0.308. The van der Waals surface area contributed by atoms with Crippen LogP contribution >= 0.6 is 0 Å². The molecule has 0 saturated carbocycles. The number of rotatable bonds is 6. The van der Waals surface area contributed by atoms with E-state index in [1.54, 1.807) is 0 Å². The number of H-pyrrole nitrogens is 1. The largest absolute Gasteiger partial charge is 0.375 e. The molecule has 0 aliphatic heterocycles. The van der Waals surface area contributed by atoms with Crippen LogP contribution in [0.1, 0.15) is 71.3 Å². The number of hydrogen-bond donors (Lipinski definition) is 2. The molecule has 24 heavy (non-hydrogen) atoms. The minimum atomic E-state index is -0.388. The maximum Gasteiger partial charge on any atom is 0.201 e. The molecule has 2 rings (SSSR count). The van der Waals surface area contributed by atoms with E-state index in [1.165, 1.54) is 12.5 Å². The van der Waals surface area contributed by atoms with Gasteiger partial charge in [-0.15, -0.1) is 0 Å². The number of benzene rings is 1. The molecule has 4 nitrogen and oxygen atoms in total. The van der Waals surface area contributed by atoms with E-state index >= 15 is 0 Å². The Balaban J connectivity index is 2.29. The summed E-state index contributed by atoms with van der Waals surface area (Å²) in [6.07, 6.45) is 0. The second kappa shape index (κ2) is 7.04. The summed E-state index contributed by atoms with van der Waals surface area (Å²) >= 11 is 0. The molecule has 0 fully saturated rings. The van der Waals surface area contributed by atoms with E-state index in [1.807, 2.05) is 39.0 Å². The van der Waals surface area contributed by atoms with E-state index < -0.39 is 0 Å². The number of nitrogens with one attached hydrogen (secondary N) is 2. The van der Waals surface area contributed by atoms with Crippen LogP contribution in [0.4, 0.5) is 5.69 Å². The van der Waals surface area contributed by atoms with Crippen molar-refractivity contribution in [3.05, 3.63) is 52.3 Å². The van der Waals surface area contributed by atoms with Crippen LogP contribution < -0.4 is 5.32 Å². The van der Waals surface area contributed by atoms with E-state index in [0.29, 0.717) is 17.2 Å². The Hall–Kier alpha value is -2.36. The van der Waals surface area contributed by atoms with Gasteiger partial charge in [0.05, 0.1) is 11.7 Å². The number of para-hydroxylation sites is 1. The highest BCUT2D eigenvalue weighted by atomic mass is 16.1. The van der Waals surface area contributed by atoms with Crippen LogP contribution in [-0.4, -0.2) is 22.6 Å². The molecule has 1 aromatic carbocycles. The highest BCUT2D eigenvalue weighted by molar-refractivity contribution is 6.05. The number of ketones is 2. The first-order chi connectivity index (χ1) is 11.2. The van der Waals surface area contributed by atoms with Gasteiger partial charge in [0.25, 0.3) is 0 Å². The second-order valence-electron chi connectivity index (χ2n) is 6.65. The van der Waals surface area contributed by atoms with Gasteiger partial charge in [0.15, 0.2) is 5.78 Å². The molecule has 1 aromatic heterocycles. The second-order valence-corrected chi connectivity index (χ2v) is 6.65. The Morgan fingerprint density at radius 2 is 1.71 bits per heavy atom. The van der Waals surface area contributed by atoms with Gasteiger partial charge in [0, 0.05) is 16.9 Å². The summed E-state index contributed by atoms with van der Waals surface area (Å²) in [7, 11) is 0. The number of hydrogen-bond acceptors (Lipinski definition) is 3. The molecular weight excluding hydrogens is 300 g/mol. The van der Waals surface area contributed by atoms with Crippen molar-refractivity contribution in [2.75, 3.05) is 5.32 Å². The maximum atomic E-state index is 12.8. The Kier molecular flexibility index (Phi) is 5.27. The molecule has 128 valence electrons. The summed E-state index contributed by atoms with van der Waals surface area (Å²) < 4.78 is 0. The van der Waals surface area contributed by atoms with Crippen LogP contribution in [0.5, 0.6) is 0 Å². The fraction of sp³-hybridized carbons (Fsp3) is 0.400. The molecule has 1 heterocycles. The summed E-state index contributed by atoms with van der Waals surface area (Å²) in [6, 6.07) is 7.64. The van der Waals surface area contributed by atoms with Crippen molar-refractivity contribution in [2.24, 2.45) is 0 Å². The molecule has 0 radical (unpaired) electrons. The molecule has 0 aliphatic carbocycles. The fourth-order valence-corrected chi connectivity index (χ4v) is 3.17. The topological polar surface area (TPSA) is 62.0 Å². The molecule has 0 spiro atoms. The van der Waals surface area contributed by atoms with Crippen LogP contribution in [0, 0.1) is 13.8 Å². The summed E-state index contributed by atoms with van der Waals surface area (Å²) in [5, 5.41) is 3.32. The zero-order valence-electron chi connectivity index (χ0n) is 15.3. The Morgan fingerprint density at radius 3 is 2.25 bits per heavy atom. The lowest BCUT2D eigenvalue weighted by molar-refractivity contribution is 0.0970. The number of aromatic amines is 1. The molecule has 2 aromatic rings. The van der Waals surface area contributed by atoms with E-state index in [0.717, 1.165) is 16.9 Å². The number of aryl methyl sites for hydroxylation is 1. The molecular formula is C20H26N2O2. The molecule has 0 saturated heterocycles. The summed E-state index contributed by atoms with van der Waals surface area (Å²) in [5.41, 5.74) is 4.77. The van der Waals surface area contributed by atoms with Crippen LogP contribution in [-0.2, 0) is 0 Å². The van der Waals surface area contributed by atoms with Crippen LogP contribution in [0.2, 0.25) is 0 Å². The lowest BCUT2D eigenvalue weighted by atomic mass is 9.99. The highest BCUT2D eigenvalue weighted by Gasteiger charge is 2.24. The normalized spacial score (nSPS) is 12.3. The molecule has 0 amide bonds. The average molecular weight is 326 g/mol. The van der Waals surface area contributed by atoms with E-state index in [4.69, 9.17) is 0 Å². The third-order valence-corrected chi connectivity index (χ3v) is 4.38. The molecule has 0 aliphatic rings. The number of aromatic nitrogens is 1. The standard InChI is InChI=1S/C20H26N2O2/c1-11(2)16-9-7-8-10-17(16)21-14(5)20(24)19-12(3)18(15(6)23)13(4)22-19/h7-11,14,21-22H,1-6H3/t14-/m0/s1. The molecule has 0 unspecified atom stereocenters. The van der Waals surface area contributed by atoms with Gasteiger partial charge in [-0.2, -0.15) is 0 Å². The molecule has 1 atom stereocenters. The quantitative estimate of drug-likeness (QED) is 0.760. The summed E-state index contributed by atoms with van der Waals surface area (Å²) in [4.78, 5) is 27.7. The minimum absolute atomic E-state index is 0.0222. The Morgan fingerprint density at radius 1 is 1.08 bits per heavy atom. The van der Waals surface area contributed by atoms with Gasteiger partial charge in [-0.3, -0.25) is 9.59 Å². The van der Waals surface area contributed by atoms with Gasteiger partial charge < -0.3 is 10.3 Å². The number of Topliss-reactive ketones (excluding diaryl/α,β-unsaturated/α-hetero) is 2. The average Bonchev–Trinajstić information content (AvgIpc) is 2.81. The predicted molar refractivity (Wildman–Crippen MR) is 98.2 cm³/mol. The van der Waals surface area contributed by atoms with Gasteiger partial charge in [-0.25, -0.2) is 0 Å². The van der Waals surface area contributed by atoms with Crippen molar-refractivity contribution in [1.29, 1.82) is 0 Å². The first-order valence-corrected chi connectivity index (χ1v) is 8.33. The van der Waals surface area contributed by atoms with Gasteiger partial charge in [-0.1, -0.05) is 32.0 Å². The van der Waals surface area contributed by atoms with E-state index in [-0.39, 0.29) is 17.6 Å². The van der Waals surface area contributed by atoms with Crippen molar-refractivity contribution in [1.82, 2.24) is 4.98 Å². The van der Waals surface area contributed by atoms with Crippen molar-refractivity contribution in [2.45, 2.75) is 53.5 Å². The van der Waals surface area contributed by atoms with Crippen molar-refractivity contribution < 1.29 is 9.59 Å². The number of anilines is 1. The molecule has 0 bridgehead atoms. The Labute approximate surface area is 143 Å². The highest BCUT2D eigenvalue weighted by Crippen LogP contribution is 2.25. The van der Waals surface area contributed by atoms with Crippen LogP contribution in [0.3, 0.4) is 0 Å². The first-order valence-electron chi connectivity index (χ1n) is 8.33. The fourth-order valence-electron chi connectivity index (χ4n) is 3.17. The smallest absolute Gasteiger partial charge is 0.201 e. The third kappa shape index (κ3) is 3.42. The lowest BCUT2D eigenvalue weighted by Gasteiger charge is -2.19. The lowest BCUT2D eigenvalue weighted by Crippen LogP contribution is -2.27. The number of carbonyl (C=O) groups excluding carboxylic acids is 2. The van der Waals surface area contributed by atoms with Gasteiger partial charge in [0.1, 0.15) is 0 Å². The zero-order chi connectivity index (χ0) is 18.0.